The van der Waals surface area contributed by atoms with E-state index in [1.54, 1.807) is 0 Å². The Morgan fingerprint density at radius 3 is 1.17 bits per heavy atom. The first-order valence-electron chi connectivity index (χ1n) is 0.801. The summed E-state index contributed by atoms with van der Waals surface area (Å²) in [5, 5.41) is 0. The standard InChI is InChI=1S/Co.FO3Si/c;1-5(2,3)4/q+3;-3. The first kappa shape index (κ1) is 9.73. The Kier molecular flexibility index (Phi) is 4.32. The monoisotopic (exact) mass is 154 g/mol. The third-order valence-electron chi connectivity index (χ3n) is 0. The van der Waals surface area contributed by atoms with E-state index in [4.69, 9.17) is 14.4 Å². The van der Waals surface area contributed by atoms with E-state index in [0.717, 1.165) is 0 Å². The van der Waals surface area contributed by atoms with Gasteiger partial charge in [-0.15, -0.1) is 0 Å². The summed E-state index contributed by atoms with van der Waals surface area (Å²) in [6, 6.07) is 0. The molecule has 0 rings (SSSR count). The van der Waals surface area contributed by atoms with Crippen molar-refractivity contribution in [2.24, 2.45) is 0 Å². The van der Waals surface area contributed by atoms with E-state index >= 15 is 0 Å². The third kappa shape index (κ3) is 199. The molecule has 0 atom stereocenters. The predicted octanol–water partition coefficient (Wildman–Crippen LogP) is -3.53. The van der Waals surface area contributed by atoms with E-state index < -0.39 is 9.14 Å². The normalized spacial score (nSPS) is 10.0. The summed E-state index contributed by atoms with van der Waals surface area (Å²) in [5.41, 5.74) is 0. The molecule has 0 aliphatic heterocycles. The predicted molar refractivity (Wildman–Crippen MR) is 6.86 cm³/mol. The largest absolute Gasteiger partial charge is 3.00 e. The molecule has 6 heavy (non-hydrogen) atoms. The Bertz CT molecular complexity index is 26.3. The summed E-state index contributed by atoms with van der Waals surface area (Å²) in [6.45, 7) is 0. The maximum atomic E-state index is 10.2. The second kappa shape index (κ2) is 2.66. The van der Waals surface area contributed by atoms with Crippen LogP contribution in [0.5, 0.6) is 0 Å². The molecule has 38 valence electrons. The van der Waals surface area contributed by atoms with Crippen molar-refractivity contribution in [1.29, 1.82) is 0 Å². The van der Waals surface area contributed by atoms with Gasteiger partial charge < -0.3 is 18.5 Å². The molecule has 0 aromatic heterocycles. The minimum Gasteiger partial charge on any atom is -0.857 e. The molecule has 0 unspecified atom stereocenters. The topological polar surface area (TPSA) is 69.2 Å². The fourth-order valence-electron chi connectivity index (χ4n) is 0. The van der Waals surface area contributed by atoms with E-state index in [1.807, 2.05) is 0 Å². The van der Waals surface area contributed by atoms with Crippen LogP contribution in [0.3, 0.4) is 0 Å². The van der Waals surface area contributed by atoms with Gasteiger partial charge in [-0.25, -0.2) is 0 Å². The molecular formula is CoFO3Si. The van der Waals surface area contributed by atoms with Gasteiger partial charge in [0, 0.05) is 0 Å². The van der Waals surface area contributed by atoms with Gasteiger partial charge in [0.15, 0.2) is 0 Å². The van der Waals surface area contributed by atoms with Crippen molar-refractivity contribution in [1.82, 2.24) is 0 Å². The molecule has 0 saturated heterocycles. The second-order valence-electron chi connectivity index (χ2n) is 0.481. The van der Waals surface area contributed by atoms with Crippen molar-refractivity contribution < 1.29 is 35.3 Å². The zero-order valence-electron chi connectivity index (χ0n) is 2.44. The van der Waals surface area contributed by atoms with E-state index in [2.05, 4.69) is 0 Å². The molecule has 0 aromatic carbocycles. The molecule has 0 bridgehead atoms. The molecule has 0 amide bonds. The quantitative estimate of drug-likeness (QED) is 0.268. The van der Waals surface area contributed by atoms with Gasteiger partial charge >= 0.3 is 16.8 Å². The molecule has 6 heteroatoms. The molecule has 0 N–H and O–H groups in total. The number of hydrogen-bond acceptors (Lipinski definition) is 3. The van der Waals surface area contributed by atoms with Crippen LogP contribution in [0, 0.1) is 0 Å². The van der Waals surface area contributed by atoms with E-state index in [9.17, 15) is 4.11 Å². The number of halogens is 1. The van der Waals surface area contributed by atoms with Crippen LogP contribution in [-0.2, 0) is 16.8 Å². The number of hydrogen-bond donors (Lipinski definition) is 0. The van der Waals surface area contributed by atoms with E-state index in [0.29, 0.717) is 0 Å². The molecule has 0 radical (unpaired) electrons. The molecule has 0 aliphatic carbocycles. The molecule has 0 spiro atoms. The molecule has 0 heterocycles. The van der Waals surface area contributed by atoms with Crippen LogP contribution < -0.4 is 14.4 Å². The van der Waals surface area contributed by atoms with Crippen molar-refractivity contribution in [2.75, 3.05) is 0 Å². The molecular weight excluding hydrogens is 154 g/mol. The van der Waals surface area contributed by atoms with Crippen LogP contribution in [0.1, 0.15) is 0 Å². The van der Waals surface area contributed by atoms with Gasteiger partial charge in [-0.2, -0.15) is 0 Å². The van der Waals surface area contributed by atoms with Gasteiger partial charge in [0.2, 0.25) is 0 Å². The summed E-state index contributed by atoms with van der Waals surface area (Å²) in [4.78, 5) is 25.4. The second-order valence-corrected chi connectivity index (χ2v) is 1.44. The molecule has 0 saturated carbocycles. The third-order valence-corrected chi connectivity index (χ3v) is 0. The van der Waals surface area contributed by atoms with Crippen LogP contribution in [0.15, 0.2) is 0 Å². The Labute approximate surface area is 45.2 Å². The summed E-state index contributed by atoms with van der Waals surface area (Å²) in [7, 11) is -5.86. The van der Waals surface area contributed by atoms with Gasteiger partial charge in [-0.1, -0.05) is 9.14 Å². The maximum Gasteiger partial charge on any atom is 3.00 e. The smallest absolute Gasteiger partial charge is 0.857 e. The fourth-order valence-corrected chi connectivity index (χ4v) is 0. The fraction of sp³-hybridized carbons (Fsp3) is 0. The van der Waals surface area contributed by atoms with Gasteiger partial charge in [0.05, 0.1) is 0 Å². The molecule has 0 aromatic rings. The van der Waals surface area contributed by atoms with Crippen LogP contribution in [0.2, 0.25) is 0 Å². The maximum absolute atomic E-state index is 10.2. The van der Waals surface area contributed by atoms with Crippen molar-refractivity contribution in [3.05, 3.63) is 0 Å². The number of rotatable bonds is 0. The summed E-state index contributed by atoms with van der Waals surface area (Å²) in [5.74, 6) is 0. The van der Waals surface area contributed by atoms with Crippen LogP contribution in [-0.4, -0.2) is 9.14 Å². The van der Waals surface area contributed by atoms with Crippen LogP contribution in [0.25, 0.3) is 0 Å². The summed E-state index contributed by atoms with van der Waals surface area (Å²) in [6.07, 6.45) is 0. The van der Waals surface area contributed by atoms with Gasteiger partial charge in [0.1, 0.15) is 0 Å². The van der Waals surface area contributed by atoms with Gasteiger partial charge in [-0.3, -0.25) is 0 Å². The molecule has 0 aliphatic rings. The Morgan fingerprint density at radius 2 is 1.17 bits per heavy atom. The molecule has 0 fully saturated rings. The minimum absolute atomic E-state index is 0. The van der Waals surface area contributed by atoms with Crippen molar-refractivity contribution in [3.63, 3.8) is 0 Å². The molecule has 3 nitrogen and oxygen atoms in total. The average molecular weight is 154 g/mol. The minimum atomic E-state index is -5.86. The first-order valence-corrected chi connectivity index (χ1v) is 2.40. The SMILES string of the molecule is [Co+3].[O-][Si]([O-])([O-])F. The zero-order chi connectivity index (χ0) is 4.50. The van der Waals surface area contributed by atoms with Crippen LogP contribution >= 0.6 is 0 Å². The van der Waals surface area contributed by atoms with Crippen molar-refractivity contribution in [2.45, 2.75) is 0 Å². The van der Waals surface area contributed by atoms with Crippen LogP contribution in [0.4, 0.5) is 4.11 Å². The van der Waals surface area contributed by atoms with Gasteiger partial charge in [0.25, 0.3) is 0 Å². The van der Waals surface area contributed by atoms with E-state index in [-0.39, 0.29) is 16.8 Å². The average Bonchev–Trinajstić information content (AvgIpc) is 0.722. The van der Waals surface area contributed by atoms with E-state index in [1.165, 1.54) is 0 Å². The Hall–Kier alpha value is 0.533. The summed E-state index contributed by atoms with van der Waals surface area (Å²) < 4.78 is 10.2. The zero-order valence-corrected chi connectivity index (χ0v) is 4.48. The van der Waals surface area contributed by atoms with Crippen molar-refractivity contribution in [3.8, 4) is 0 Å². The first-order chi connectivity index (χ1) is 2.00. The Balaban J connectivity index is 0. The summed E-state index contributed by atoms with van der Waals surface area (Å²) >= 11 is 0. The van der Waals surface area contributed by atoms with Crippen molar-refractivity contribution >= 4 is 9.14 Å². The van der Waals surface area contributed by atoms with Gasteiger partial charge in [-0.05, 0) is 0 Å². The Morgan fingerprint density at radius 1 is 1.17 bits per heavy atom.